The van der Waals surface area contributed by atoms with Gasteiger partial charge in [0.15, 0.2) is 0 Å². The topological polar surface area (TPSA) is 88.4 Å². The molecule has 2 heterocycles. The summed E-state index contributed by atoms with van der Waals surface area (Å²) in [6.45, 7) is 0.718. The molecule has 4 rings (SSSR count). The van der Waals surface area contributed by atoms with E-state index in [4.69, 9.17) is 9.15 Å². The number of nitrogens with zero attached hydrogens (tertiary/aromatic N) is 2. The van der Waals surface area contributed by atoms with E-state index in [0.717, 1.165) is 0 Å². The molecular weight excluding hydrogens is 425 g/mol. The number of aromatic nitrogens is 2. The molecule has 0 aliphatic heterocycles. The molecule has 0 fully saturated rings. The molecule has 0 saturated carbocycles. The van der Waals surface area contributed by atoms with Crippen LogP contribution >= 0.6 is 0 Å². The number of hydrogen-bond donors (Lipinski definition) is 1. The fraction of sp³-hybridized carbons (Fsp3) is 0.160. The lowest BCUT2D eigenvalue weighted by molar-refractivity contribution is -0.127. The van der Waals surface area contributed by atoms with E-state index in [0.29, 0.717) is 47.0 Å². The highest BCUT2D eigenvalue weighted by Gasteiger charge is 2.14. The highest BCUT2D eigenvalue weighted by atomic mass is 19.1. The number of H-pyrrole nitrogens is 1. The lowest BCUT2D eigenvalue weighted by Gasteiger charge is -2.20. The van der Waals surface area contributed by atoms with Crippen molar-refractivity contribution in [3.63, 3.8) is 0 Å². The summed E-state index contributed by atoms with van der Waals surface area (Å²) in [5.74, 6) is 0.448. The molecule has 0 aliphatic carbocycles. The number of carbonyl (C=O) groups excluding carboxylic acids is 1. The van der Waals surface area contributed by atoms with Crippen molar-refractivity contribution in [2.45, 2.75) is 6.54 Å². The molecular formula is C25H22FN3O4. The second-order valence-electron chi connectivity index (χ2n) is 7.30. The summed E-state index contributed by atoms with van der Waals surface area (Å²) >= 11 is 0. The van der Waals surface area contributed by atoms with Gasteiger partial charge in [-0.25, -0.2) is 9.37 Å². The predicted octanol–water partition coefficient (Wildman–Crippen LogP) is 4.01. The van der Waals surface area contributed by atoms with Crippen LogP contribution in [0.2, 0.25) is 0 Å². The maximum absolute atomic E-state index is 14.0. The number of rotatable bonds is 8. The third-order valence-electron chi connectivity index (χ3n) is 5.04. The van der Waals surface area contributed by atoms with Gasteiger partial charge in [-0.2, -0.15) is 0 Å². The number of para-hydroxylation sites is 1. The van der Waals surface area contributed by atoms with Crippen molar-refractivity contribution in [1.29, 1.82) is 0 Å². The Kier molecular flexibility index (Phi) is 6.75. The first-order valence-electron chi connectivity index (χ1n) is 10.3. The van der Waals surface area contributed by atoms with Crippen molar-refractivity contribution in [3.8, 4) is 11.3 Å². The second kappa shape index (κ2) is 10.1. The van der Waals surface area contributed by atoms with Crippen molar-refractivity contribution >= 4 is 22.9 Å². The van der Waals surface area contributed by atoms with Crippen molar-refractivity contribution in [1.82, 2.24) is 14.9 Å². The number of ether oxygens (including phenoxy) is 1. The zero-order valence-electron chi connectivity index (χ0n) is 18.0. The quantitative estimate of drug-likeness (QED) is 0.413. The second-order valence-corrected chi connectivity index (χ2v) is 7.30. The van der Waals surface area contributed by atoms with Crippen LogP contribution in [-0.4, -0.2) is 41.0 Å². The van der Waals surface area contributed by atoms with Crippen molar-refractivity contribution in [2.24, 2.45) is 0 Å². The molecule has 0 radical (unpaired) electrons. The summed E-state index contributed by atoms with van der Waals surface area (Å²) in [6, 6.07) is 16.6. The number of amides is 1. The Labute approximate surface area is 189 Å². The average molecular weight is 447 g/mol. The number of halogens is 1. The molecule has 0 saturated heterocycles. The number of methoxy groups -OCH3 is 1. The van der Waals surface area contributed by atoms with Crippen LogP contribution in [0.25, 0.3) is 28.3 Å². The fourth-order valence-electron chi connectivity index (χ4n) is 3.37. The largest absolute Gasteiger partial charge is 0.457 e. The number of fused-ring (bicyclic) bond motifs is 1. The van der Waals surface area contributed by atoms with Gasteiger partial charge < -0.3 is 19.0 Å². The molecule has 0 atom stereocenters. The van der Waals surface area contributed by atoms with Crippen molar-refractivity contribution in [2.75, 3.05) is 20.3 Å². The van der Waals surface area contributed by atoms with Gasteiger partial charge in [0, 0.05) is 19.7 Å². The Morgan fingerprint density at radius 3 is 2.76 bits per heavy atom. The molecule has 4 aromatic rings. The highest BCUT2D eigenvalue weighted by Crippen LogP contribution is 2.25. The molecule has 8 heteroatoms. The summed E-state index contributed by atoms with van der Waals surface area (Å²) in [7, 11) is 1.54. The van der Waals surface area contributed by atoms with E-state index in [-0.39, 0.29) is 23.8 Å². The van der Waals surface area contributed by atoms with Crippen LogP contribution in [0.1, 0.15) is 11.6 Å². The van der Waals surface area contributed by atoms with Gasteiger partial charge in [0.25, 0.3) is 5.56 Å². The van der Waals surface area contributed by atoms with Crippen LogP contribution in [0.5, 0.6) is 0 Å². The Hall–Kier alpha value is -4.04. The minimum absolute atomic E-state index is 0.102. The van der Waals surface area contributed by atoms with Crippen molar-refractivity contribution < 1.29 is 18.3 Å². The average Bonchev–Trinajstić information content (AvgIpc) is 3.29. The van der Waals surface area contributed by atoms with E-state index >= 15 is 0 Å². The Morgan fingerprint density at radius 1 is 1.15 bits per heavy atom. The number of aromatic amines is 1. The summed E-state index contributed by atoms with van der Waals surface area (Å²) in [5, 5.41) is 0.486. The first kappa shape index (κ1) is 22.2. The molecule has 2 aromatic heterocycles. The molecule has 1 N–H and O–H groups in total. The summed E-state index contributed by atoms with van der Waals surface area (Å²) in [5.41, 5.74) is 0.639. The van der Waals surface area contributed by atoms with E-state index in [1.165, 1.54) is 23.1 Å². The van der Waals surface area contributed by atoms with Crippen LogP contribution < -0.4 is 5.56 Å². The van der Waals surface area contributed by atoms with Crippen LogP contribution in [0.3, 0.4) is 0 Å². The van der Waals surface area contributed by atoms with Gasteiger partial charge in [0.1, 0.15) is 23.2 Å². The lowest BCUT2D eigenvalue weighted by Crippen LogP contribution is -2.33. The smallest absolute Gasteiger partial charge is 0.258 e. The third-order valence-corrected chi connectivity index (χ3v) is 5.04. The van der Waals surface area contributed by atoms with Gasteiger partial charge >= 0.3 is 0 Å². The van der Waals surface area contributed by atoms with Gasteiger partial charge in [0.05, 0.1) is 29.6 Å². The normalized spacial score (nSPS) is 11.3. The van der Waals surface area contributed by atoms with Crippen molar-refractivity contribution in [3.05, 3.63) is 94.5 Å². The minimum atomic E-state index is -0.388. The van der Waals surface area contributed by atoms with Gasteiger partial charge in [-0.15, -0.1) is 0 Å². The number of hydrogen-bond acceptors (Lipinski definition) is 5. The number of carbonyl (C=O) groups is 1. The van der Waals surface area contributed by atoms with Crippen LogP contribution in [0.4, 0.5) is 4.39 Å². The number of furan rings is 1. The maximum atomic E-state index is 14.0. The standard InChI is InChI=1S/C25H22FN3O4/c1-32-15-14-29(16-23-27-21-9-5-3-7-19(21)25(31)28-23)24(30)13-11-17-10-12-22(33-17)18-6-2-4-8-20(18)26/h2-13H,14-16H2,1H3,(H,27,28,31)/b13-11+. The first-order chi connectivity index (χ1) is 16.0. The zero-order chi connectivity index (χ0) is 23.2. The molecule has 0 unspecified atom stereocenters. The summed E-state index contributed by atoms with van der Waals surface area (Å²) in [6.07, 6.45) is 2.88. The number of benzene rings is 2. The molecule has 0 spiro atoms. The third kappa shape index (κ3) is 5.24. The fourth-order valence-corrected chi connectivity index (χ4v) is 3.37. The molecule has 7 nitrogen and oxygen atoms in total. The van der Waals surface area contributed by atoms with E-state index in [9.17, 15) is 14.0 Å². The first-order valence-corrected chi connectivity index (χ1v) is 10.3. The monoisotopic (exact) mass is 447 g/mol. The van der Waals surface area contributed by atoms with Crippen LogP contribution in [-0.2, 0) is 16.1 Å². The molecule has 33 heavy (non-hydrogen) atoms. The Balaban J connectivity index is 1.52. The van der Waals surface area contributed by atoms with Crippen LogP contribution in [0.15, 0.2) is 76.0 Å². The van der Waals surface area contributed by atoms with Gasteiger partial charge in [-0.05, 0) is 42.5 Å². The van der Waals surface area contributed by atoms with Gasteiger partial charge in [-0.1, -0.05) is 24.3 Å². The number of nitrogens with one attached hydrogen (secondary N) is 1. The van der Waals surface area contributed by atoms with E-state index in [2.05, 4.69) is 9.97 Å². The zero-order valence-corrected chi connectivity index (χ0v) is 18.0. The van der Waals surface area contributed by atoms with E-state index in [1.807, 2.05) is 0 Å². The summed E-state index contributed by atoms with van der Waals surface area (Å²) in [4.78, 5) is 33.9. The molecule has 1 amide bonds. The highest BCUT2D eigenvalue weighted by molar-refractivity contribution is 5.91. The summed E-state index contributed by atoms with van der Waals surface area (Å²) < 4.78 is 24.8. The Morgan fingerprint density at radius 2 is 1.94 bits per heavy atom. The van der Waals surface area contributed by atoms with Gasteiger partial charge in [-0.3, -0.25) is 9.59 Å². The Bertz CT molecular complexity index is 1360. The molecule has 168 valence electrons. The van der Waals surface area contributed by atoms with E-state index in [1.54, 1.807) is 61.7 Å². The SMILES string of the molecule is COCCN(Cc1nc2ccccc2c(=O)[nH]1)C(=O)/C=C/c1ccc(-c2ccccc2F)o1. The van der Waals surface area contributed by atoms with Gasteiger partial charge in [0.2, 0.25) is 5.91 Å². The maximum Gasteiger partial charge on any atom is 0.258 e. The van der Waals surface area contributed by atoms with E-state index < -0.39 is 0 Å². The molecule has 0 bridgehead atoms. The predicted molar refractivity (Wildman–Crippen MR) is 123 cm³/mol. The molecule has 0 aliphatic rings. The van der Waals surface area contributed by atoms with Crippen LogP contribution in [0, 0.1) is 5.82 Å². The minimum Gasteiger partial charge on any atom is -0.457 e. The molecule has 2 aromatic carbocycles. The lowest BCUT2D eigenvalue weighted by atomic mass is 10.1.